The van der Waals surface area contributed by atoms with E-state index in [2.05, 4.69) is 5.32 Å². The van der Waals surface area contributed by atoms with Crippen LogP contribution in [0.2, 0.25) is 0 Å². The zero-order valence-corrected chi connectivity index (χ0v) is 7.03. The third-order valence-electron chi connectivity index (χ3n) is 1.41. The molecule has 0 aliphatic carbocycles. The number of rotatable bonds is 3. The van der Waals surface area contributed by atoms with Gasteiger partial charge in [0, 0.05) is 6.92 Å². The van der Waals surface area contributed by atoms with E-state index in [-0.39, 0.29) is 5.91 Å². The summed E-state index contributed by atoms with van der Waals surface area (Å²) in [6.45, 7) is 4.39. The lowest BCUT2D eigenvalue weighted by Gasteiger charge is -2.23. The van der Waals surface area contributed by atoms with E-state index in [1.807, 2.05) is 0 Å². The molecule has 0 spiro atoms. The van der Waals surface area contributed by atoms with Gasteiger partial charge < -0.3 is 15.5 Å². The summed E-state index contributed by atoms with van der Waals surface area (Å²) in [4.78, 5) is 10.5. The van der Waals surface area contributed by atoms with Gasteiger partial charge in [-0.25, -0.2) is 0 Å². The summed E-state index contributed by atoms with van der Waals surface area (Å²) in [6, 6.07) is -0.576. The van der Waals surface area contributed by atoms with Crippen LogP contribution in [0.5, 0.6) is 0 Å². The van der Waals surface area contributed by atoms with E-state index in [9.17, 15) is 4.79 Å². The van der Waals surface area contributed by atoms with Crippen molar-refractivity contribution >= 4 is 5.91 Å². The third kappa shape index (κ3) is 3.95. The van der Waals surface area contributed by atoms with Crippen LogP contribution in [0.15, 0.2) is 0 Å². The highest BCUT2D eigenvalue weighted by atomic mass is 16.3. The molecule has 0 aromatic rings. The predicted octanol–water partition coefficient (Wildman–Crippen LogP) is -0.747. The van der Waals surface area contributed by atoms with Gasteiger partial charge in [0.25, 0.3) is 0 Å². The van der Waals surface area contributed by atoms with Crippen LogP contribution >= 0.6 is 0 Å². The molecule has 0 rings (SSSR count). The van der Waals surface area contributed by atoms with Crippen molar-refractivity contribution in [3.05, 3.63) is 0 Å². The van der Waals surface area contributed by atoms with E-state index in [1.165, 1.54) is 20.8 Å². The van der Waals surface area contributed by atoms with Crippen molar-refractivity contribution < 1.29 is 15.0 Å². The number of nitrogens with one attached hydrogen (secondary N) is 1. The van der Waals surface area contributed by atoms with E-state index in [0.29, 0.717) is 0 Å². The van der Waals surface area contributed by atoms with Gasteiger partial charge in [0.2, 0.25) is 5.91 Å². The van der Waals surface area contributed by atoms with Gasteiger partial charge in [-0.2, -0.15) is 0 Å². The van der Waals surface area contributed by atoms with E-state index in [0.717, 1.165) is 0 Å². The van der Waals surface area contributed by atoms with Crippen molar-refractivity contribution in [1.82, 2.24) is 5.32 Å². The van der Waals surface area contributed by atoms with E-state index in [1.54, 1.807) is 0 Å². The highest BCUT2D eigenvalue weighted by Crippen LogP contribution is 1.98. The van der Waals surface area contributed by atoms with Crippen molar-refractivity contribution in [3.8, 4) is 0 Å². The Morgan fingerprint density at radius 1 is 1.27 bits per heavy atom. The lowest BCUT2D eigenvalue weighted by molar-refractivity contribution is -0.121. The molecule has 0 saturated heterocycles. The number of aliphatic hydroxyl groups is 2. The van der Waals surface area contributed by atoms with Crippen molar-refractivity contribution in [2.45, 2.75) is 39.0 Å². The number of carbonyl (C=O) groups excluding carboxylic acids is 1. The van der Waals surface area contributed by atoms with E-state index < -0.39 is 18.2 Å². The quantitative estimate of drug-likeness (QED) is 0.510. The van der Waals surface area contributed by atoms with Crippen LogP contribution in [0.3, 0.4) is 0 Å². The molecule has 0 aromatic heterocycles. The Labute approximate surface area is 66.2 Å². The number of carbonyl (C=O) groups is 1. The molecular formula is C7H15NO3. The van der Waals surface area contributed by atoms with Crippen LogP contribution in [0.4, 0.5) is 0 Å². The van der Waals surface area contributed by atoms with Gasteiger partial charge in [0.05, 0.1) is 18.2 Å². The molecule has 4 heteroatoms. The van der Waals surface area contributed by atoms with Gasteiger partial charge in [-0.3, -0.25) is 4.79 Å². The smallest absolute Gasteiger partial charge is 0.217 e. The van der Waals surface area contributed by atoms with Gasteiger partial charge in [-0.1, -0.05) is 0 Å². The molecule has 1 amide bonds. The standard InChI is InChI=1S/C7H15NO3/c1-4(9)7(5(2)10)8-6(3)11/h4-5,7,9-10H,1-3H3,(H,8,11). The second kappa shape index (κ2) is 4.31. The van der Waals surface area contributed by atoms with Crippen molar-refractivity contribution in [3.63, 3.8) is 0 Å². The van der Waals surface area contributed by atoms with Gasteiger partial charge >= 0.3 is 0 Å². The fourth-order valence-electron chi connectivity index (χ4n) is 0.879. The average molecular weight is 161 g/mol. The first-order valence-electron chi connectivity index (χ1n) is 3.58. The molecule has 0 radical (unpaired) electrons. The number of aliphatic hydroxyl groups excluding tert-OH is 2. The van der Waals surface area contributed by atoms with Gasteiger partial charge in [0.1, 0.15) is 0 Å². The first-order valence-corrected chi connectivity index (χ1v) is 3.58. The zero-order chi connectivity index (χ0) is 9.02. The van der Waals surface area contributed by atoms with Crippen molar-refractivity contribution in [2.24, 2.45) is 0 Å². The average Bonchev–Trinajstić information content (AvgIpc) is 1.81. The van der Waals surface area contributed by atoms with Crippen LogP contribution in [0, 0.1) is 0 Å². The number of amides is 1. The molecule has 0 aliphatic rings. The van der Waals surface area contributed by atoms with Gasteiger partial charge in [0.15, 0.2) is 0 Å². The van der Waals surface area contributed by atoms with Crippen LogP contribution in [-0.4, -0.2) is 34.4 Å². The molecular weight excluding hydrogens is 146 g/mol. The van der Waals surface area contributed by atoms with Crippen LogP contribution in [0.1, 0.15) is 20.8 Å². The fraction of sp³-hybridized carbons (Fsp3) is 0.857. The molecule has 3 N–H and O–H groups in total. The van der Waals surface area contributed by atoms with Gasteiger partial charge in [-0.05, 0) is 13.8 Å². The monoisotopic (exact) mass is 161 g/mol. The Morgan fingerprint density at radius 3 is 1.73 bits per heavy atom. The minimum absolute atomic E-state index is 0.253. The maximum absolute atomic E-state index is 10.5. The summed E-state index contributed by atoms with van der Waals surface area (Å²) in [5.74, 6) is -0.253. The molecule has 0 aliphatic heterocycles. The lowest BCUT2D eigenvalue weighted by atomic mass is 10.1. The SMILES string of the molecule is CC(=O)NC(C(C)O)C(C)O. The Hall–Kier alpha value is -0.610. The van der Waals surface area contributed by atoms with E-state index >= 15 is 0 Å². The van der Waals surface area contributed by atoms with Crippen molar-refractivity contribution in [1.29, 1.82) is 0 Å². The summed E-state index contributed by atoms with van der Waals surface area (Å²) in [7, 11) is 0. The second-order valence-corrected chi connectivity index (χ2v) is 2.71. The Bertz CT molecular complexity index is 126. The van der Waals surface area contributed by atoms with Crippen LogP contribution in [0.25, 0.3) is 0 Å². The van der Waals surface area contributed by atoms with E-state index in [4.69, 9.17) is 10.2 Å². The maximum atomic E-state index is 10.5. The molecule has 0 saturated carbocycles. The topological polar surface area (TPSA) is 69.6 Å². The maximum Gasteiger partial charge on any atom is 0.217 e. The molecule has 66 valence electrons. The highest BCUT2D eigenvalue weighted by molar-refractivity contribution is 5.73. The normalized spacial score (nSPS) is 18.6. The lowest BCUT2D eigenvalue weighted by Crippen LogP contribution is -2.48. The summed E-state index contributed by atoms with van der Waals surface area (Å²) < 4.78 is 0. The molecule has 0 heterocycles. The van der Waals surface area contributed by atoms with Crippen LogP contribution in [-0.2, 0) is 4.79 Å². The summed E-state index contributed by atoms with van der Waals surface area (Å²) in [5, 5.41) is 20.6. The summed E-state index contributed by atoms with van der Waals surface area (Å²) in [5.41, 5.74) is 0. The minimum Gasteiger partial charge on any atom is -0.391 e. The molecule has 0 fully saturated rings. The number of hydrogen-bond acceptors (Lipinski definition) is 3. The Morgan fingerprint density at radius 2 is 1.64 bits per heavy atom. The molecule has 2 unspecified atom stereocenters. The molecule has 0 bridgehead atoms. The second-order valence-electron chi connectivity index (χ2n) is 2.71. The summed E-state index contributed by atoms with van der Waals surface area (Å²) in [6.07, 6.45) is -1.47. The first kappa shape index (κ1) is 10.4. The number of hydrogen-bond donors (Lipinski definition) is 3. The largest absolute Gasteiger partial charge is 0.391 e. The predicted molar refractivity (Wildman–Crippen MR) is 41.0 cm³/mol. The fourth-order valence-corrected chi connectivity index (χ4v) is 0.879. The van der Waals surface area contributed by atoms with Gasteiger partial charge in [-0.15, -0.1) is 0 Å². The first-order chi connectivity index (χ1) is 4.95. The molecule has 11 heavy (non-hydrogen) atoms. The molecule has 2 atom stereocenters. The molecule has 4 nitrogen and oxygen atoms in total. The van der Waals surface area contributed by atoms with Crippen LogP contribution < -0.4 is 5.32 Å². The zero-order valence-electron chi connectivity index (χ0n) is 7.03. The van der Waals surface area contributed by atoms with Crippen molar-refractivity contribution in [2.75, 3.05) is 0 Å². The highest BCUT2D eigenvalue weighted by Gasteiger charge is 2.20. The summed E-state index contributed by atoms with van der Waals surface area (Å²) >= 11 is 0. The third-order valence-corrected chi connectivity index (χ3v) is 1.41. The minimum atomic E-state index is -0.737. The Kier molecular flexibility index (Phi) is 4.07. The molecule has 0 aromatic carbocycles. The Balaban J connectivity index is 4.00.